The van der Waals surface area contributed by atoms with Gasteiger partial charge in [-0.1, -0.05) is 17.8 Å². The molecule has 0 unspecified atom stereocenters. The number of hydrogen-bond donors (Lipinski definition) is 1. The highest BCUT2D eigenvalue weighted by Gasteiger charge is 2.04. The number of thioether (sulfide) groups is 1. The predicted molar refractivity (Wildman–Crippen MR) is 69.7 cm³/mol. The molecule has 0 saturated heterocycles. The average molecular weight is 246 g/mol. The second kappa shape index (κ2) is 5.14. The van der Waals surface area contributed by atoms with Crippen LogP contribution in [0.3, 0.4) is 0 Å². The Kier molecular flexibility index (Phi) is 3.58. The molecule has 0 saturated carbocycles. The number of nitrogens with two attached hydrogens (primary N) is 1. The fourth-order valence-electron chi connectivity index (χ4n) is 1.43. The summed E-state index contributed by atoms with van der Waals surface area (Å²) in [7, 11) is 0. The average Bonchev–Trinajstić information content (AvgIpc) is 2.27. The maximum atomic E-state index is 5.68. The van der Waals surface area contributed by atoms with Crippen LogP contribution in [0.15, 0.2) is 29.6 Å². The summed E-state index contributed by atoms with van der Waals surface area (Å²) >= 11 is 1.55. The number of anilines is 1. The second-order valence-electron chi connectivity index (χ2n) is 3.77. The summed E-state index contributed by atoms with van der Waals surface area (Å²) in [6.45, 7) is 3.96. The van der Waals surface area contributed by atoms with E-state index >= 15 is 0 Å². The molecule has 0 bridgehead atoms. The minimum absolute atomic E-state index is 0.512. The van der Waals surface area contributed by atoms with Gasteiger partial charge >= 0.3 is 0 Å². The van der Waals surface area contributed by atoms with Gasteiger partial charge in [-0.3, -0.25) is 4.98 Å². The van der Waals surface area contributed by atoms with Crippen LogP contribution < -0.4 is 5.73 Å². The molecule has 0 aromatic carbocycles. The number of nitrogens with zero attached hydrogens (tertiary/aromatic N) is 3. The Morgan fingerprint density at radius 3 is 2.82 bits per heavy atom. The summed E-state index contributed by atoms with van der Waals surface area (Å²) in [5, 5.41) is 0.701. The molecule has 0 radical (unpaired) electrons. The van der Waals surface area contributed by atoms with E-state index in [0.717, 1.165) is 17.1 Å². The van der Waals surface area contributed by atoms with Crippen LogP contribution in [-0.4, -0.2) is 15.0 Å². The topological polar surface area (TPSA) is 64.7 Å². The van der Waals surface area contributed by atoms with Crippen LogP contribution in [0.2, 0.25) is 0 Å². The molecule has 2 aromatic rings. The molecule has 2 N–H and O–H groups in total. The fourth-order valence-corrected chi connectivity index (χ4v) is 2.38. The van der Waals surface area contributed by atoms with Crippen molar-refractivity contribution in [2.45, 2.75) is 24.8 Å². The van der Waals surface area contributed by atoms with E-state index in [0.29, 0.717) is 11.0 Å². The summed E-state index contributed by atoms with van der Waals surface area (Å²) in [6, 6.07) is 5.75. The zero-order chi connectivity index (χ0) is 12.3. The Labute approximate surface area is 105 Å². The van der Waals surface area contributed by atoms with Crippen LogP contribution in [0.5, 0.6) is 0 Å². The first-order valence-electron chi connectivity index (χ1n) is 5.29. The molecule has 17 heavy (non-hydrogen) atoms. The third-order valence-corrected chi connectivity index (χ3v) is 3.17. The standard InChI is InChI=1S/C12H14N4S/c1-8-4-3-5-14-10(8)7-17-12-15-9(2)6-11(13)16-12/h3-6H,7H2,1-2H3,(H2,13,15,16). The van der Waals surface area contributed by atoms with Gasteiger partial charge < -0.3 is 5.73 Å². The minimum atomic E-state index is 0.512. The molecule has 2 aromatic heterocycles. The molecule has 0 fully saturated rings. The molecule has 5 heteroatoms. The maximum absolute atomic E-state index is 5.68. The molecule has 0 amide bonds. The lowest BCUT2D eigenvalue weighted by atomic mass is 10.2. The van der Waals surface area contributed by atoms with E-state index in [-0.39, 0.29) is 0 Å². The van der Waals surface area contributed by atoms with E-state index in [1.54, 1.807) is 24.0 Å². The van der Waals surface area contributed by atoms with E-state index in [1.165, 1.54) is 5.56 Å². The van der Waals surface area contributed by atoms with Crippen LogP contribution in [0.25, 0.3) is 0 Å². The zero-order valence-electron chi connectivity index (χ0n) is 9.84. The Balaban J connectivity index is 2.10. The minimum Gasteiger partial charge on any atom is -0.384 e. The van der Waals surface area contributed by atoms with Crippen LogP contribution in [-0.2, 0) is 5.75 Å². The van der Waals surface area contributed by atoms with Crippen molar-refractivity contribution in [1.29, 1.82) is 0 Å². The highest BCUT2D eigenvalue weighted by molar-refractivity contribution is 7.98. The monoisotopic (exact) mass is 246 g/mol. The van der Waals surface area contributed by atoms with E-state index in [2.05, 4.69) is 15.0 Å². The van der Waals surface area contributed by atoms with Gasteiger partial charge in [-0.15, -0.1) is 0 Å². The van der Waals surface area contributed by atoms with Crippen molar-refractivity contribution in [2.24, 2.45) is 0 Å². The number of aromatic nitrogens is 3. The van der Waals surface area contributed by atoms with E-state index in [9.17, 15) is 0 Å². The molecule has 0 aliphatic heterocycles. The van der Waals surface area contributed by atoms with Crippen molar-refractivity contribution in [1.82, 2.24) is 15.0 Å². The Morgan fingerprint density at radius 2 is 2.12 bits per heavy atom. The molecule has 0 spiro atoms. The Hall–Kier alpha value is -1.62. The zero-order valence-corrected chi connectivity index (χ0v) is 10.7. The molecule has 4 nitrogen and oxygen atoms in total. The third-order valence-electron chi connectivity index (χ3n) is 2.31. The molecule has 0 aliphatic rings. The maximum Gasteiger partial charge on any atom is 0.190 e. The molecular weight excluding hydrogens is 232 g/mol. The van der Waals surface area contributed by atoms with Crippen LogP contribution >= 0.6 is 11.8 Å². The van der Waals surface area contributed by atoms with Crippen molar-refractivity contribution in [3.05, 3.63) is 41.3 Å². The summed E-state index contributed by atoms with van der Waals surface area (Å²) in [5.74, 6) is 1.27. The third kappa shape index (κ3) is 3.17. The van der Waals surface area contributed by atoms with Gasteiger partial charge in [0.05, 0.1) is 5.69 Å². The molecule has 2 rings (SSSR count). The number of nitrogen functional groups attached to an aromatic ring is 1. The highest BCUT2D eigenvalue weighted by Crippen LogP contribution is 2.20. The van der Waals surface area contributed by atoms with Crippen molar-refractivity contribution >= 4 is 17.6 Å². The SMILES string of the molecule is Cc1cc(N)nc(SCc2ncccc2C)n1. The quantitative estimate of drug-likeness (QED) is 0.665. The van der Waals surface area contributed by atoms with Gasteiger partial charge in [-0.05, 0) is 25.5 Å². The largest absolute Gasteiger partial charge is 0.384 e. The first-order valence-corrected chi connectivity index (χ1v) is 6.28. The molecule has 0 aliphatic carbocycles. The Morgan fingerprint density at radius 1 is 1.29 bits per heavy atom. The summed E-state index contributed by atoms with van der Waals surface area (Å²) < 4.78 is 0. The molecule has 88 valence electrons. The first kappa shape index (κ1) is 11.9. The lowest BCUT2D eigenvalue weighted by molar-refractivity contribution is 0.938. The first-order chi connectivity index (χ1) is 8.15. The lowest BCUT2D eigenvalue weighted by Crippen LogP contribution is -1.97. The van der Waals surface area contributed by atoms with E-state index < -0.39 is 0 Å². The van der Waals surface area contributed by atoms with Crippen molar-refractivity contribution in [3.8, 4) is 0 Å². The van der Waals surface area contributed by atoms with E-state index in [1.807, 2.05) is 26.0 Å². The van der Waals surface area contributed by atoms with Gasteiger partial charge in [0.15, 0.2) is 5.16 Å². The summed E-state index contributed by atoms with van der Waals surface area (Å²) in [5.41, 5.74) is 8.80. The summed E-state index contributed by atoms with van der Waals surface area (Å²) in [4.78, 5) is 12.8. The van der Waals surface area contributed by atoms with Gasteiger partial charge in [0.25, 0.3) is 0 Å². The summed E-state index contributed by atoms with van der Waals surface area (Å²) in [6.07, 6.45) is 1.80. The van der Waals surface area contributed by atoms with Crippen LogP contribution in [0.4, 0.5) is 5.82 Å². The van der Waals surface area contributed by atoms with Gasteiger partial charge in [0.2, 0.25) is 0 Å². The molecule has 0 atom stereocenters. The van der Waals surface area contributed by atoms with Crippen molar-refractivity contribution in [2.75, 3.05) is 5.73 Å². The molecule has 2 heterocycles. The van der Waals surface area contributed by atoms with Gasteiger partial charge in [0.1, 0.15) is 5.82 Å². The Bertz CT molecular complexity index is 507. The number of pyridine rings is 1. The normalized spacial score (nSPS) is 10.5. The second-order valence-corrected chi connectivity index (χ2v) is 4.71. The van der Waals surface area contributed by atoms with Gasteiger partial charge in [-0.25, -0.2) is 9.97 Å². The smallest absolute Gasteiger partial charge is 0.190 e. The highest BCUT2D eigenvalue weighted by atomic mass is 32.2. The van der Waals surface area contributed by atoms with E-state index in [4.69, 9.17) is 5.73 Å². The number of rotatable bonds is 3. The number of aryl methyl sites for hydroxylation is 2. The van der Waals surface area contributed by atoms with Gasteiger partial charge in [-0.2, -0.15) is 0 Å². The molecular formula is C12H14N4S. The van der Waals surface area contributed by atoms with Crippen molar-refractivity contribution in [3.63, 3.8) is 0 Å². The fraction of sp³-hybridized carbons (Fsp3) is 0.250. The van der Waals surface area contributed by atoms with Crippen LogP contribution in [0, 0.1) is 13.8 Å². The lowest BCUT2D eigenvalue weighted by Gasteiger charge is -2.04. The predicted octanol–water partition coefficient (Wildman–Crippen LogP) is 2.36. The van der Waals surface area contributed by atoms with Gasteiger partial charge in [0, 0.05) is 23.7 Å². The van der Waals surface area contributed by atoms with Crippen molar-refractivity contribution < 1.29 is 0 Å². The van der Waals surface area contributed by atoms with Crippen LogP contribution in [0.1, 0.15) is 17.0 Å². The number of hydrogen-bond acceptors (Lipinski definition) is 5.